The number of azo groups is 1. The normalized spacial score (nSPS) is 12.5. The average Bonchev–Trinajstić information content (AvgIpc) is 2.65. The Bertz CT molecular complexity index is 1410. The van der Waals surface area contributed by atoms with Crippen molar-refractivity contribution in [2.75, 3.05) is 0 Å². The molecule has 3 aromatic rings. The first-order valence-corrected chi connectivity index (χ1v) is 10.7. The quantitative estimate of drug-likeness (QED) is 0.224. The highest BCUT2D eigenvalue weighted by atomic mass is 32.2. The van der Waals surface area contributed by atoms with E-state index in [1.807, 2.05) is 0 Å². The highest BCUT2D eigenvalue weighted by Crippen LogP contribution is 2.40. The van der Waals surface area contributed by atoms with Gasteiger partial charge in [0, 0.05) is 29.0 Å². The molecular formula is C16H11N3O9S2. The van der Waals surface area contributed by atoms with Crippen LogP contribution in [0.1, 0.15) is 0 Å². The van der Waals surface area contributed by atoms with E-state index in [0.29, 0.717) is 6.07 Å². The number of nitro benzene ring substituents is 1. The standard InChI is InChI=1S/C16H11N3O9S2/c20-14-8-15(30(26,27)28)16(13-7-11(29(23,24)25)5-6-12(13)14)18-17-9-1-3-10(4-2-9)19(21)22/h1-8,20H,(H,23,24,25)(H,26,27,28). The third kappa shape index (κ3) is 4.25. The Morgan fingerprint density at radius 2 is 1.47 bits per heavy atom. The number of non-ortho nitro benzene ring substituents is 1. The first kappa shape index (κ1) is 21.3. The Morgan fingerprint density at radius 1 is 0.833 bits per heavy atom. The van der Waals surface area contributed by atoms with E-state index in [1.54, 1.807) is 0 Å². The van der Waals surface area contributed by atoms with Crippen molar-refractivity contribution in [1.29, 1.82) is 0 Å². The van der Waals surface area contributed by atoms with Crippen molar-refractivity contribution in [2.45, 2.75) is 9.79 Å². The van der Waals surface area contributed by atoms with Crippen LogP contribution in [-0.2, 0) is 20.2 Å². The summed E-state index contributed by atoms with van der Waals surface area (Å²) in [4.78, 5) is 8.58. The second kappa shape index (κ2) is 7.42. The lowest BCUT2D eigenvalue weighted by Gasteiger charge is -2.10. The smallest absolute Gasteiger partial charge is 0.296 e. The largest absolute Gasteiger partial charge is 0.507 e. The maximum Gasteiger partial charge on any atom is 0.296 e. The number of rotatable bonds is 5. The summed E-state index contributed by atoms with van der Waals surface area (Å²) in [5.41, 5.74) is -0.663. The fraction of sp³-hybridized carbons (Fsp3) is 0. The molecule has 0 unspecified atom stereocenters. The molecule has 0 radical (unpaired) electrons. The number of hydrogen-bond donors (Lipinski definition) is 3. The number of benzene rings is 3. The van der Waals surface area contributed by atoms with Gasteiger partial charge in [-0.2, -0.15) is 21.9 Å². The fourth-order valence-electron chi connectivity index (χ4n) is 2.55. The summed E-state index contributed by atoms with van der Waals surface area (Å²) >= 11 is 0. The Hall–Kier alpha value is -3.46. The molecule has 0 aliphatic heterocycles. The SMILES string of the molecule is O=[N+]([O-])c1ccc(N=Nc2c(S(=O)(=O)O)cc(O)c3ccc(S(=O)(=O)O)cc23)cc1. The molecular weight excluding hydrogens is 442 g/mol. The van der Waals surface area contributed by atoms with Crippen molar-refractivity contribution < 1.29 is 36.0 Å². The molecule has 0 saturated carbocycles. The molecule has 0 aromatic heterocycles. The van der Waals surface area contributed by atoms with Gasteiger partial charge in [0.25, 0.3) is 25.9 Å². The summed E-state index contributed by atoms with van der Waals surface area (Å²) in [7, 11) is -9.62. The Morgan fingerprint density at radius 3 is 2.00 bits per heavy atom. The zero-order valence-corrected chi connectivity index (χ0v) is 16.2. The summed E-state index contributed by atoms with van der Waals surface area (Å²) in [6, 6.07) is 8.33. The molecule has 3 N–H and O–H groups in total. The lowest BCUT2D eigenvalue weighted by Crippen LogP contribution is -2.01. The van der Waals surface area contributed by atoms with Crippen LogP contribution in [0.25, 0.3) is 10.8 Å². The fourth-order valence-corrected chi connectivity index (χ4v) is 3.72. The first-order chi connectivity index (χ1) is 13.9. The molecule has 12 nitrogen and oxygen atoms in total. The maximum absolute atomic E-state index is 11.8. The topological polar surface area (TPSA) is 197 Å². The third-order valence-electron chi connectivity index (χ3n) is 3.93. The predicted octanol–water partition coefficient (Wildman–Crippen LogP) is 3.36. The molecule has 0 spiro atoms. The van der Waals surface area contributed by atoms with Crippen molar-refractivity contribution in [2.24, 2.45) is 10.2 Å². The average molecular weight is 453 g/mol. The molecule has 0 fully saturated rings. The predicted molar refractivity (Wildman–Crippen MR) is 103 cm³/mol. The van der Waals surface area contributed by atoms with Gasteiger partial charge in [-0.1, -0.05) is 0 Å². The van der Waals surface area contributed by atoms with Crippen LogP contribution in [0, 0.1) is 10.1 Å². The molecule has 0 aliphatic carbocycles. The van der Waals surface area contributed by atoms with E-state index >= 15 is 0 Å². The second-order valence-electron chi connectivity index (χ2n) is 5.87. The van der Waals surface area contributed by atoms with E-state index in [2.05, 4.69) is 10.2 Å². The van der Waals surface area contributed by atoms with Gasteiger partial charge in [0.1, 0.15) is 16.3 Å². The molecule has 3 aromatic carbocycles. The molecule has 30 heavy (non-hydrogen) atoms. The van der Waals surface area contributed by atoms with Gasteiger partial charge < -0.3 is 5.11 Å². The van der Waals surface area contributed by atoms with Crippen LogP contribution in [-0.4, -0.2) is 36.0 Å². The van der Waals surface area contributed by atoms with Crippen LogP contribution in [0.15, 0.2) is 68.6 Å². The van der Waals surface area contributed by atoms with Gasteiger partial charge in [-0.25, -0.2) is 0 Å². The van der Waals surface area contributed by atoms with Crippen molar-refractivity contribution in [1.82, 2.24) is 0 Å². The lowest BCUT2D eigenvalue weighted by atomic mass is 10.1. The van der Waals surface area contributed by atoms with Crippen molar-refractivity contribution in [3.8, 4) is 5.75 Å². The number of aromatic hydroxyl groups is 1. The molecule has 14 heteroatoms. The van der Waals surface area contributed by atoms with E-state index < -0.39 is 46.4 Å². The summed E-state index contributed by atoms with van der Waals surface area (Å²) in [5, 5.41) is 28.0. The monoisotopic (exact) mass is 453 g/mol. The minimum absolute atomic E-state index is 0.0348. The number of fused-ring (bicyclic) bond motifs is 1. The number of hydrogen-bond acceptors (Lipinski definition) is 9. The molecule has 0 amide bonds. The Labute approximate surface area is 168 Å². The van der Waals surface area contributed by atoms with Gasteiger partial charge in [-0.15, -0.1) is 5.11 Å². The molecule has 0 bridgehead atoms. The molecule has 0 aliphatic rings. The molecule has 3 rings (SSSR count). The zero-order valence-electron chi connectivity index (χ0n) is 14.6. The van der Waals surface area contributed by atoms with Gasteiger partial charge >= 0.3 is 0 Å². The minimum Gasteiger partial charge on any atom is -0.507 e. The first-order valence-electron chi connectivity index (χ1n) is 7.79. The van der Waals surface area contributed by atoms with Gasteiger partial charge in [0.15, 0.2) is 0 Å². The summed E-state index contributed by atoms with van der Waals surface area (Å²) in [6.45, 7) is 0. The van der Waals surface area contributed by atoms with Gasteiger partial charge in [-0.3, -0.25) is 19.2 Å². The highest BCUT2D eigenvalue weighted by Gasteiger charge is 2.23. The van der Waals surface area contributed by atoms with E-state index in [9.17, 15) is 41.2 Å². The van der Waals surface area contributed by atoms with Gasteiger partial charge in [0.05, 0.1) is 15.5 Å². The van der Waals surface area contributed by atoms with Crippen molar-refractivity contribution in [3.05, 3.63) is 58.6 Å². The van der Waals surface area contributed by atoms with Crippen LogP contribution < -0.4 is 0 Å². The lowest BCUT2D eigenvalue weighted by molar-refractivity contribution is -0.384. The van der Waals surface area contributed by atoms with Crippen molar-refractivity contribution in [3.63, 3.8) is 0 Å². The van der Waals surface area contributed by atoms with E-state index in [4.69, 9.17) is 0 Å². The van der Waals surface area contributed by atoms with Gasteiger partial charge in [-0.05, 0) is 30.3 Å². The minimum atomic E-state index is -4.93. The van der Waals surface area contributed by atoms with Crippen LogP contribution in [0.2, 0.25) is 0 Å². The number of phenols is 1. The maximum atomic E-state index is 11.8. The molecule has 0 heterocycles. The molecule has 0 saturated heterocycles. The number of nitrogens with zero attached hydrogens (tertiary/aromatic N) is 3. The van der Waals surface area contributed by atoms with Crippen LogP contribution in [0.5, 0.6) is 5.75 Å². The van der Waals surface area contributed by atoms with E-state index in [-0.39, 0.29) is 22.1 Å². The highest BCUT2D eigenvalue weighted by molar-refractivity contribution is 7.86. The molecule has 156 valence electrons. The van der Waals surface area contributed by atoms with Crippen LogP contribution in [0.4, 0.5) is 17.1 Å². The van der Waals surface area contributed by atoms with Crippen LogP contribution in [0.3, 0.4) is 0 Å². The summed E-state index contributed by atoms with van der Waals surface area (Å²) < 4.78 is 65.1. The Balaban J connectivity index is 2.28. The number of nitro groups is 1. The van der Waals surface area contributed by atoms with Gasteiger partial charge in [0.2, 0.25) is 0 Å². The summed E-state index contributed by atoms with van der Waals surface area (Å²) in [6.07, 6.45) is 0. The van der Waals surface area contributed by atoms with Crippen molar-refractivity contribution >= 4 is 48.1 Å². The Kier molecular flexibility index (Phi) is 5.25. The molecule has 0 atom stereocenters. The van der Waals surface area contributed by atoms with E-state index in [1.165, 1.54) is 12.1 Å². The van der Waals surface area contributed by atoms with Crippen LogP contribution >= 0.6 is 0 Å². The second-order valence-corrected chi connectivity index (χ2v) is 8.68. The zero-order chi connectivity index (χ0) is 22.3. The number of phenolic OH excluding ortho intramolecular Hbond substituents is 1. The third-order valence-corrected chi connectivity index (χ3v) is 5.64. The summed E-state index contributed by atoms with van der Waals surface area (Å²) in [5.74, 6) is -0.603. The van der Waals surface area contributed by atoms with E-state index in [0.717, 1.165) is 30.3 Å².